The molecule has 0 saturated carbocycles. The summed E-state index contributed by atoms with van der Waals surface area (Å²) in [4.78, 5) is 13.4. The third-order valence-corrected chi connectivity index (χ3v) is 4.21. The number of benzene rings is 1. The van der Waals surface area contributed by atoms with Gasteiger partial charge in [0, 0.05) is 12.3 Å². The standard InChI is InChI=1S/C14H16N2O3S/c1-2-5-11-6-3-4-7-13(11)16-20(18,19)12-8-9-14(17)15-10-12/h3-4,6-10,16H,2,5H2,1H3,(H,15,17). The number of aromatic nitrogens is 1. The maximum Gasteiger partial charge on any atom is 0.263 e. The van der Waals surface area contributed by atoms with E-state index in [0.717, 1.165) is 18.4 Å². The van der Waals surface area contributed by atoms with Gasteiger partial charge in [-0.15, -0.1) is 0 Å². The van der Waals surface area contributed by atoms with Gasteiger partial charge in [0.2, 0.25) is 5.56 Å². The van der Waals surface area contributed by atoms with Gasteiger partial charge >= 0.3 is 0 Å². The number of rotatable bonds is 5. The molecule has 1 heterocycles. The van der Waals surface area contributed by atoms with Crippen LogP contribution in [0, 0.1) is 0 Å². The average molecular weight is 292 g/mol. The maximum atomic E-state index is 12.2. The summed E-state index contributed by atoms with van der Waals surface area (Å²) in [7, 11) is -3.69. The normalized spacial score (nSPS) is 11.2. The van der Waals surface area contributed by atoms with Crippen LogP contribution < -0.4 is 10.3 Å². The predicted octanol–water partition coefficient (Wildman–Crippen LogP) is 2.13. The van der Waals surface area contributed by atoms with Crippen LogP contribution in [-0.2, 0) is 16.4 Å². The van der Waals surface area contributed by atoms with E-state index in [1.54, 1.807) is 12.1 Å². The van der Waals surface area contributed by atoms with Crippen LogP contribution in [0.1, 0.15) is 18.9 Å². The first-order valence-corrected chi connectivity index (χ1v) is 7.80. The van der Waals surface area contributed by atoms with Gasteiger partial charge in [-0.1, -0.05) is 31.5 Å². The SMILES string of the molecule is CCCc1ccccc1NS(=O)(=O)c1ccc(=O)[nH]c1. The second kappa shape index (κ2) is 5.92. The number of nitrogens with one attached hydrogen (secondary N) is 2. The summed E-state index contributed by atoms with van der Waals surface area (Å²) in [5.41, 5.74) is 1.18. The van der Waals surface area contributed by atoms with Gasteiger partial charge in [0.05, 0.1) is 5.69 Å². The Morgan fingerprint density at radius 3 is 2.55 bits per heavy atom. The number of hydrogen-bond acceptors (Lipinski definition) is 3. The zero-order valence-corrected chi connectivity index (χ0v) is 11.9. The number of para-hydroxylation sites is 1. The smallest absolute Gasteiger partial charge is 0.263 e. The lowest BCUT2D eigenvalue weighted by Crippen LogP contribution is -2.16. The number of pyridine rings is 1. The van der Waals surface area contributed by atoms with Crippen molar-refractivity contribution < 1.29 is 8.42 Å². The summed E-state index contributed by atoms with van der Waals surface area (Å²) in [5.74, 6) is 0. The first-order valence-electron chi connectivity index (χ1n) is 6.32. The number of sulfonamides is 1. The van der Waals surface area contributed by atoms with E-state index in [4.69, 9.17) is 0 Å². The molecule has 0 unspecified atom stereocenters. The molecule has 5 nitrogen and oxygen atoms in total. The van der Waals surface area contributed by atoms with E-state index in [0.29, 0.717) is 5.69 Å². The molecule has 0 fully saturated rings. The zero-order chi connectivity index (χ0) is 14.6. The van der Waals surface area contributed by atoms with Crippen molar-refractivity contribution in [2.45, 2.75) is 24.7 Å². The Kier molecular flexibility index (Phi) is 4.24. The summed E-state index contributed by atoms with van der Waals surface area (Å²) in [6.45, 7) is 2.03. The van der Waals surface area contributed by atoms with Crippen molar-refractivity contribution in [1.29, 1.82) is 0 Å². The Morgan fingerprint density at radius 2 is 1.90 bits per heavy atom. The van der Waals surface area contributed by atoms with Crippen molar-refractivity contribution >= 4 is 15.7 Å². The van der Waals surface area contributed by atoms with Crippen LogP contribution >= 0.6 is 0 Å². The first-order chi connectivity index (χ1) is 9.53. The largest absolute Gasteiger partial charge is 0.328 e. The van der Waals surface area contributed by atoms with Gasteiger partial charge < -0.3 is 4.98 Å². The molecule has 2 N–H and O–H groups in total. The molecular weight excluding hydrogens is 276 g/mol. The van der Waals surface area contributed by atoms with E-state index in [9.17, 15) is 13.2 Å². The molecule has 0 aliphatic rings. The van der Waals surface area contributed by atoms with Gasteiger partial charge in [-0.05, 0) is 24.1 Å². The number of H-pyrrole nitrogens is 1. The minimum atomic E-state index is -3.69. The van der Waals surface area contributed by atoms with Gasteiger partial charge in [0.1, 0.15) is 4.90 Å². The van der Waals surface area contributed by atoms with Crippen molar-refractivity contribution in [3.63, 3.8) is 0 Å². The number of aryl methyl sites for hydroxylation is 1. The summed E-state index contributed by atoms with van der Waals surface area (Å²) < 4.78 is 27.0. The lowest BCUT2D eigenvalue weighted by Gasteiger charge is -2.11. The Morgan fingerprint density at radius 1 is 1.15 bits per heavy atom. The molecule has 1 aromatic heterocycles. The average Bonchev–Trinajstić information content (AvgIpc) is 2.41. The number of hydrogen-bond donors (Lipinski definition) is 2. The van der Waals surface area contributed by atoms with Crippen LogP contribution in [0.15, 0.2) is 52.3 Å². The lowest BCUT2D eigenvalue weighted by atomic mass is 10.1. The highest BCUT2D eigenvalue weighted by atomic mass is 32.2. The Bertz CT molecular complexity index is 731. The van der Waals surface area contributed by atoms with E-state index in [1.807, 2.05) is 19.1 Å². The fourth-order valence-electron chi connectivity index (χ4n) is 1.87. The van der Waals surface area contributed by atoms with Crippen LogP contribution in [0.4, 0.5) is 5.69 Å². The molecule has 6 heteroatoms. The molecule has 1 aromatic carbocycles. The third-order valence-electron chi connectivity index (χ3n) is 2.85. The van der Waals surface area contributed by atoms with Crippen molar-refractivity contribution in [2.75, 3.05) is 4.72 Å². The first kappa shape index (κ1) is 14.3. The summed E-state index contributed by atoms with van der Waals surface area (Å²) in [6.07, 6.45) is 2.91. The topological polar surface area (TPSA) is 79.0 Å². The molecule has 0 aliphatic heterocycles. The van der Waals surface area contributed by atoms with Crippen LogP contribution in [0.2, 0.25) is 0 Å². The molecule has 0 spiro atoms. The molecular formula is C14H16N2O3S. The van der Waals surface area contributed by atoms with E-state index in [1.165, 1.54) is 18.3 Å². The predicted molar refractivity (Wildman–Crippen MR) is 78.3 cm³/mol. The van der Waals surface area contributed by atoms with Crippen LogP contribution in [0.25, 0.3) is 0 Å². The van der Waals surface area contributed by atoms with E-state index < -0.39 is 10.0 Å². The Labute approximate surface area is 117 Å². The van der Waals surface area contributed by atoms with Crippen molar-refractivity contribution in [3.8, 4) is 0 Å². The van der Waals surface area contributed by atoms with Gasteiger partial charge in [-0.3, -0.25) is 9.52 Å². The number of anilines is 1. The second-order valence-corrected chi connectivity index (χ2v) is 6.08. The van der Waals surface area contributed by atoms with Crippen LogP contribution in [-0.4, -0.2) is 13.4 Å². The molecule has 2 rings (SSSR count). The molecule has 0 bridgehead atoms. The van der Waals surface area contributed by atoms with Gasteiger partial charge in [0.25, 0.3) is 10.0 Å². The van der Waals surface area contributed by atoms with Crippen molar-refractivity contribution in [3.05, 3.63) is 58.5 Å². The van der Waals surface area contributed by atoms with E-state index in [-0.39, 0.29) is 10.5 Å². The molecule has 20 heavy (non-hydrogen) atoms. The quantitative estimate of drug-likeness (QED) is 0.886. The van der Waals surface area contributed by atoms with E-state index >= 15 is 0 Å². The van der Waals surface area contributed by atoms with E-state index in [2.05, 4.69) is 9.71 Å². The zero-order valence-electron chi connectivity index (χ0n) is 11.1. The molecule has 0 amide bonds. The number of aromatic amines is 1. The van der Waals surface area contributed by atoms with Gasteiger partial charge in [-0.2, -0.15) is 0 Å². The summed E-state index contributed by atoms with van der Waals surface area (Å²) >= 11 is 0. The summed E-state index contributed by atoms with van der Waals surface area (Å²) in [5, 5.41) is 0. The minimum Gasteiger partial charge on any atom is -0.328 e. The summed E-state index contributed by atoms with van der Waals surface area (Å²) in [6, 6.07) is 9.76. The molecule has 0 radical (unpaired) electrons. The Balaban J connectivity index is 2.33. The fraction of sp³-hybridized carbons (Fsp3) is 0.214. The monoisotopic (exact) mass is 292 g/mol. The second-order valence-electron chi connectivity index (χ2n) is 4.40. The minimum absolute atomic E-state index is 0.0309. The molecule has 0 aliphatic carbocycles. The molecule has 0 saturated heterocycles. The maximum absolute atomic E-state index is 12.2. The lowest BCUT2D eigenvalue weighted by molar-refractivity contribution is 0.600. The van der Waals surface area contributed by atoms with Gasteiger partial charge in [0.15, 0.2) is 0 Å². The highest BCUT2D eigenvalue weighted by Crippen LogP contribution is 2.20. The van der Waals surface area contributed by atoms with Crippen LogP contribution in [0.3, 0.4) is 0 Å². The molecule has 106 valence electrons. The molecule has 2 aromatic rings. The highest BCUT2D eigenvalue weighted by Gasteiger charge is 2.15. The third kappa shape index (κ3) is 3.27. The van der Waals surface area contributed by atoms with Crippen molar-refractivity contribution in [2.24, 2.45) is 0 Å². The van der Waals surface area contributed by atoms with Crippen LogP contribution in [0.5, 0.6) is 0 Å². The van der Waals surface area contributed by atoms with Gasteiger partial charge in [-0.25, -0.2) is 8.42 Å². The highest BCUT2D eigenvalue weighted by molar-refractivity contribution is 7.92. The molecule has 0 atom stereocenters. The fourth-order valence-corrected chi connectivity index (χ4v) is 2.94. The van der Waals surface area contributed by atoms with Crippen molar-refractivity contribution in [1.82, 2.24) is 4.98 Å². The Hall–Kier alpha value is -2.08.